The Morgan fingerprint density at radius 2 is 1.68 bits per heavy atom. The summed E-state index contributed by atoms with van der Waals surface area (Å²) >= 11 is 5.90. The summed E-state index contributed by atoms with van der Waals surface area (Å²) in [5.74, 6) is 1.16. The summed E-state index contributed by atoms with van der Waals surface area (Å²) in [4.78, 5) is 16.8. The molecule has 144 valence electrons. The van der Waals surface area contributed by atoms with Gasteiger partial charge in [0, 0.05) is 42.3 Å². The van der Waals surface area contributed by atoms with Gasteiger partial charge in [-0.2, -0.15) is 0 Å². The van der Waals surface area contributed by atoms with Gasteiger partial charge in [-0.15, -0.1) is 10.2 Å². The van der Waals surface area contributed by atoms with Gasteiger partial charge in [0.05, 0.1) is 6.04 Å². The Morgan fingerprint density at radius 3 is 2.36 bits per heavy atom. The van der Waals surface area contributed by atoms with Gasteiger partial charge in [0.25, 0.3) is 5.91 Å². The van der Waals surface area contributed by atoms with Gasteiger partial charge in [-0.3, -0.25) is 9.69 Å². The Labute approximate surface area is 168 Å². The lowest BCUT2D eigenvalue weighted by Gasteiger charge is -2.36. The van der Waals surface area contributed by atoms with E-state index in [2.05, 4.69) is 22.0 Å². The van der Waals surface area contributed by atoms with Gasteiger partial charge in [0.15, 0.2) is 0 Å². The summed E-state index contributed by atoms with van der Waals surface area (Å²) in [5, 5.41) is 9.03. The molecule has 1 saturated heterocycles. The van der Waals surface area contributed by atoms with Crippen LogP contribution >= 0.6 is 11.6 Å². The van der Waals surface area contributed by atoms with Crippen LogP contribution in [-0.4, -0.2) is 52.1 Å². The fourth-order valence-electron chi connectivity index (χ4n) is 3.34. The second-order valence-electron chi connectivity index (χ2n) is 6.82. The molecule has 7 heteroatoms. The number of halogens is 1. The molecule has 3 aromatic rings. The maximum absolute atomic E-state index is 12.6. The molecule has 2 aromatic carbocycles. The molecule has 28 heavy (non-hydrogen) atoms. The molecule has 1 aliphatic heterocycles. The highest BCUT2D eigenvalue weighted by atomic mass is 35.5. The molecule has 4 rings (SSSR count). The maximum Gasteiger partial charge on any atom is 0.253 e. The van der Waals surface area contributed by atoms with E-state index in [1.54, 1.807) is 24.3 Å². The van der Waals surface area contributed by atoms with Crippen molar-refractivity contribution in [3.63, 3.8) is 0 Å². The van der Waals surface area contributed by atoms with Gasteiger partial charge in [-0.1, -0.05) is 29.8 Å². The molecule has 0 bridgehead atoms. The number of amides is 1. The monoisotopic (exact) mass is 396 g/mol. The second kappa shape index (κ2) is 8.12. The molecular formula is C21H21ClN4O2. The van der Waals surface area contributed by atoms with Crippen LogP contribution in [0.1, 0.15) is 29.2 Å². The Balaban J connectivity index is 1.38. The van der Waals surface area contributed by atoms with Crippen LogP contribution in [0.4, 0.5) is 0 Å². The lowest BCUT2D eigenvalue weighted by molar-refractivity contribution is 0.0559. The van der Waals surface area contributed by atoms with E-state index in [1.165, 1.54) is 0 Å². The first-order valence-electron chi connectivity index (χ1n) is 9.29. The lowest BCUT2D eigenvalue weighted by atomic mass is 10.1. The SMILES string of the molecule is CC(c1nnc(-c2ccccc2)o1)N1CCN(C(=O)c2ccc(Cl)cc2)CC1. The van der Waals surface area contributed by atoms with E-state index in [4.69, 9.17) is 16.0 Å². The van der Waals surface area contributed by atoms with Crippen molar-refractivity contribution in [2.75, 3.05) is 26.2 Å². The molecule has 1 atom stereocenters. The van der Waals surface area contributed by atoms with Crippen LogP contribution in [0.25, 0.3) is 11.5 Å². The van der Waals surface area contributed by atoms with E-state index in [9.17, 15) is 4.79 Å². The summed E-state index contributed by atoms with van der Waals surface area (Å²) in [5.41, 5.74) is 1.57. The normalized spacial score (nSPS) is 16.1. The Kier molecular flexibility index (Phi) is 5.41. The quantitative estimate of drug-likeness (QED) is 0.669. The minimum atomic E-state index is -0.00209. The number of carbonyl (C=O) groups is 1. The number of hydrogen-bond donors (Lipinski definition) is 0. The van der Waals surface area contributed by atoms with Gasteiger partial charge >= 0.3 is 0 Å². The molecule has 0 spiro atoms. The van der Waals surface area contributed by atoms with Crippen LogP contribution in [0.3, 0.4) is 0 Å². The van der Waals surface area contributed by atoms with Crippen molar-refractivity contribution in [1.29, 1.82) is 0 Å². The maximum atomic E-state index is 12.6. The molecule has 0 radical (unpaired) electrons. The van der Waals surface area contributed by atoms with Crippen molar-refractivity contribution in [3.8, 4) is 11.5 Å². The van der Waals surface area contributed by atoms with E-state index in [-0.39, 0.29) is 11.9 Å². The highest BCUT2D eigenvalue weighted by molar-refractivity contribution is 6.30. The highest BCUT2D eigenvalue weighted by Gasteiger charge is 2.28. The standard InChI is InChI=1S/C21H21ClN4O2/c1-15(19-23-24-20(28-19)16-5-3-2-4-6-16)25-11-13-26(14-12-25)21(27)17-7-9-18(22)10-8-17/h2-10,15H,11-14H2,1H3. The van der Waals surface area contributed by atoms with Crippen molar-refractivity contribution in [1.82, 2.24) is 20.0 Å². The zero-order valence-corrected chi connectivity index (χ0v) is 16.3. The third-order valence-electron chi connectivity index (χ3n) is 5.06. The number of nitrogens with zero attached hydrogens (tertiary/aromatic N) is 4. The van der Waals surface area contributed by atoms with Crippen LogP contribution in [-0.2, 0) is 0 Å². The van der Waals surface area contributed by atoms with Gasteiger partial charge in [0.1, 0.15) is 0 Å². The fraction of sp³-hybridized carbons (Fsp3) is 0.286. The van der Waals surface area contributed by atoms with Crippen LogP contribution in [0.15, 0.2) is 59.0 Å². The van der Waals surface area contributed by atoms with Crippen LogP contribution < -0.4 is 0 Å². The van der Waals surface area contributed by atoms with Crippen molar-refractivity contribution >= 4 is 17.5 Å². The first-order chi connectivity index (χ1) is 13.6. The predicted octanol–water partition coefficient (Wildman–Crippen LogP) is 3.91. The highest BCUT2D eigenvalue weighted by Crippen LogP contribution is 2.25. The molecule has 1 aliphatic rings. The van der Waals surface area contributed by atoms with E-state index in [1.807, 2.05) is 35.2 Å². The average Bonchev–Trinajstić information content (AvgIpc) is 3.24. The average molecular weight is 397 g/mol. The third-order valence-corrected chi connectivity index (χ3v) is 5.31. The van der Waals surface area contributed by atoms with Gasteiger partial charge < -0.3 is 9.32 Å². The summed E-state index contributed by atoms with van der Waals surface area (Å²) in [6, 6.07) is 16.8. The molecule has 0 saturated carbocycles. The molecule has 6 nitrogen and oxygen atoms in total. The number of hydrogen-bond acceptors (Lipinski definition) is 5. The van der Waals surface area contributed by atoms with Gasteiger partial charge in [-0.05, 0) is 43.3 Å². The Bertz CT molecular complexity index is 935. The van der Waals surface area contributed by atoms with E-state index in [0.29, 0.717) is 35.5 Å². The first-order valence-corrected chi connectivity index (χ1v) is 9.67. The Morgan fingerprint density at radius 1 is 1.00 bits per heavy atom. The first kappa shape index (κ1) is 18.7. The van der Waals surface area contributed by atoms with E-state index >= 15 is 0 Å². The third kappa shape index (κ3) is 3.93. The largest absolute Gasteiger partial charge is 0.419 e. The minimum Gasteiger partial charge on any atom is -0.419 e. The lowest BCUT2D eigenvalue weighted by Crippen LogP contribution is -2.49. The number of carbonyl (C=O) groups excluding carboxylic acids is 1. The van der Waals surface area contributed by atoms with E-state index in [0.717, 1.165) is 18.7 Å². The molecule has 1 fully saturated rings. The smallest absolute Gasteiger partial charge is 0.253 e. The zero-order valence-electron chi connectivity index (χ0n) is 15.6. The van der Waals surface area contributed by atoms with Crippen molar-refractivity contribution in [3.05, 3.63) is 71.1 Å². The molecular weight excluding hydrogens is 376 g/mol. The topological polar surface area (TPSA) is 62.5 Å². The van der Waals surface area contributed by atoms with Crippen LogP contribution in [0.2, 0.25) is 5.02 Å². The summed E-state index contributed by atoms with van der Waals surface area (Å²) < 4.78 is 5.88. The summed E-state index contributed by atoms with van der Waals surface area (Å²) in [6.07, 6.45) is 0. The minimum absolute atomic E-state index is 0.00209. The number of aromatic nitrogens is 2. The van der Waals surface area contributed by atoms with Gasteiger partial charge in [-0.25, -0.2) is 0 Å². The predicted molar refractivity (Wildman–Crippen MR) is 107 cm³/mol. The molecule has 2 heterocycles. The Hall–Kier alpha value is -2.70. The molecule has 0 N–H and O–H groups in total. The molecule has 1 amide bonds. The zero-order chi connectivity index (χ0) is 19.5. The summed E-state index contributed by atoms with van der Waals surface area (Å²) in [7, 11) is 0. The summed E-state index contributed by atoms with van der Waals surface area (Å²) in [6.45, 7) is 4.88. The fourth-order valence-corrected chi connectivity index (χ4v) is 3.47. The van der Waals surface area contributed by atoms with Crippen molar-refractivity contribution < 1.29 is 9.21 Å². The van der Waals surface area contributed by atoms with Gasteiger partial charge in [0.2, 0.25) is 11.8 Å². The van der Waals surface area contributed by atoms with Crippen LogP contribution in [0, 0.1) is 0 Å². The number of rotatable bonds is 4. The number of benzene rings is 2. The molecule has 0 aliphatic carbocycles. The van der Waals surface area contributed by atoms with E-state index < -0.39 is 0 Å². The number of piperazine rings is 1. The molecule has 1 aromatic heterocycles. The van der Waals surface area contributed by atoms with Crippen molar-refractivity contribution in [2.45, 2.75) is 13.0 Å². The van der Waals surface area contributed by atoms with Crippen molar-refractivity contribution in [2.24, 2.45) is 0 Å². The second-order valence-corrected chi connectivity index (χ2v) is 7.26. The van der Waals surface area contributed by atoms with Crippen LogP contribution in [0.5, 0.6) is 0 Å². The molecule has 1 unspecified atom stereocenters.